The van der Waals surface area contributed by atoms with Crippen molar-refractivity contribution in [2.75, 3.05) is 5.32 Å². The van der Waals surface area contributed by atoms with E-state index in [1.54, 1.807) is 11.3 Å². The molecule has 0 aliphatic carbocycles. The van der Waals surface area contributed by atoms with E-state index in [4.69, 9.17) is 0 Å². The average molecular weight is 297 g/mol. The van der Waals surface area contributed by atoms with Gasteiger partial charge in [-0.25, -0.2) is 4.98 Å². The summed E-state index contributed by atoms with van der Waals surface area (Å²) in [4.78, 5) is 4.25. The van der Waals surface area contributed by atoms with E-state index in [0.717, 1.165) is 22.4 Å². The van der Waals surface area contributed by atoms with Crippen LogP contribution in [0, 0.1) is 0 Å². The predicted octanol–water partition coefficient (Wildman–Crippen LogP) is 4.08. The van der Waals surface area contributed by atoms with Gasteiger partial charge in [-0.05, 0) is 30.2 Å². The molecule has 0 saturated heterocycles. The molecule has 0 amide bonds. The third-order valence-electron chi connectivity index (χ3n) is 2.36. The van der Waals surface area contributed by atoms with Crippen molar-refractivity contribution in [1.82, 2.24) is 4.98 Å². The number of nitrogens with one attached hydrogen (secondary N) is 1. The number of thiazole rings is 1. The molecule has 0 unspecified atom stereocenters. The van der Waals surface area contributed by atoms with Gasteiger partial charge in [0.15, 0.2) is 0 Å². The van der Waals surface area contributed by atoms with Crippen LogP contribution in [0.15, 0.2) is 34.2 Å². The maximum Gasteiger partial charge on any atom is 0.112 e. The Kier molecular flexibility index (Phi) is 3.96. The Bertz CT molecular complexity index is 454. The Labute approximate surface area is 108 Å². The Hall–Kier alpha value is -0.870. The molecule has 1 N–H and O–H groups in total. The van der Waals surface area contributed by atoms with Crippen LogP contribution in [-0.4, -0.2) is 4.98 Å². The highest BCUT2D eigenvalue weighted by Crippen LogP contribution is 2.22. The van der Waals surface area contributed by atoms with Crippen molar-refractivity contribution < 1.29 is 0 Å². The summed E-state index contributed by atoms with van der Waals surface area (Å²) in [5.41, 5.74) is 2.52. The topological polar surface area (TPSA) is 24.9 Å². The number of aromatic nitrogens is 1. The SMILES string of the molecule is CCc1cc(Br)ccc1NCc1nccs1. The molecule has 0 aliphatic heterocycles. The highest BCUT2D eigenvalue weighted by molar-refractivity contribution is 9.10. The van der Waals surface area contributed by atoms with E-state index in [-0.39, 0.29) is 0 Å². The third kappa shape index (κ3) is 2.83. The molecule has 0 atom stereocenters. The molecule has 0 fully saturated rings. The minimum Gasteiger partial charge on any atom is -0.378 e. The van der Waals surface area contributed by atoms with Crippen molar-refractivity contribution in [3.63, 3.8) is 0 Å². The summed E-state index contributed by atoms with van der Waals surface area (Å²) in [5, 5.41) is 6.54. The first kappa shape index (κ1) is 11.6. The largest absolute Gasteiger partial charge is 0.378 e. The molecular weight excluding hydrogens is 284 g/mol. The first-order chi connectivity index (χ1) is 7.79. The number of hydrogen-bond donors (Lipinski definition) is 1. The molecule has 0 aliphatic rings. The zero-order valence-corrected chi connectivity index (χ0v) is 11.4. The molecule has 4 heteroatoms. The lowest BCUT2D eigenvalue weighted by Gasteiger charge is -2.10. The normalized spacial score (nSPS) is 10.4. The van der Waals surface area contributed by atoms with Gasteiger partial charge in [0.2, 0.25) is 0 Å². The molecule has 0 bridgehead atoms. The predicted molar refractivity (Wildman–Crippen MR) is 73.0 cm³/mol. The fourth-order valence-corrected chi connectivity index (χ4v) is 2.50. The number of anilines is 1. The van der Waals surface area contributed by atoms with Crippen LogP contribution in [0.3, 0.4) is 0 Å². The number of aryl methyl sites for hydroxylation is 1. The van der Waals surface area contributed by atoms with Gasteiger partial charge in [-0.2, -0.15) is 0 Å². The fraction of sp³-hybridized carbons (Fsp3) is 0.250. The van der Waals surface area contributed by atoms with Crippen LogP contribution in [0.4, 0.5) is 5.69 Å². The summed E-state index contributed by atoms with van der Waals surface area (Å²) < 4.78 is 1.13. The molecular formula is C12H13BrN2S. The zero-order chi connectivity index (χ0) is 11.4. The van der Waals surface area contributed by atoms with Crippen LogP contribution in [0.2, 0.25) is 0 Å². The maximum atomic E-state index is 4.25. The quantitative estimate of drug-likeness (QED) is 0.919. The van der Waals surface area contributed by atoms with Gasteiger partial charge in [-0.1, -0.05) is 22.9 Å². The van der Waals surface area contributed by atoms with Crippen LogP contribution in [0.25, 0.3) is 0 Å². The van der Waals surface area contributed by atoms with E-state index in [9.17, 15) is 0 Å². The van der Waals surface area contributed by atoms with Crippen LogP contribution < -0.4 is 5.32 Å². The zero-order valence-electron chi connectivity index (χ0n) is 9.03. The molecule has 2 nitrogen and oxygen atoms in total. The molecule has 0 radical (unpaired) electrons. The molecule has 16 heavy (non-hydrogen) atoms. The van der Waals surface area contributed by atoms with Gasteiger partial charge >= 0.3 is 0 Å². The van der Waals surface area contributed by atoms with Gasteiger partial charge in [0.25, 0.3) is 0 Å². The van der Waals surface area contributed by atoms with Crippen LogP contribution in [0.5, 0.6) is 0 Å². The second-order valence-electron chi connectivity index (χ2n) is 3.43. The smallest absolute Gasteiger partial charge is 0.112 e. The summed E-state index contributed by atoms with van der Waals surface area (Å²) in [7, 11) is 0. The average Bonchev–Trinajstić information content (AvgIpc) is 2.80. The lowest BCUT2D eigenvalue weighted by Crippen LogP contribution is -2.01. The molecule has 1 aromatic heterocycles. The van der Waals surface area contributed by atoms with Crippen LogP contribution >= 0.6 is 27.3 Å². The first-order valence-electron chi connectivity index (χ1n) is 5.20. The monoisotopic (exact) mass is 296 g/mol. The molecule has 1 aromatic carbocycles. The maximum absolute atomic E-state index is 4.25. The molecule has 2 rings (SSSR count). The summed E-state index contributed by atoms with van der Waals surface area (Å²) in [6.07, 6.45) is 2.86. The molecule has 2 aromatic rings. The van der Waals surface area contributed by atoms with Gasteiger partial charge in [-0.15, -0.1) is 11.3 Å². The Morgan fingerprint density at radius 1 is 1.44 bits per heavy atom. The number of rotatable bonds is 4. The summed E-state index contributed by atoms with van der Waals surface area (Å²) in [6.45, 7) is 2.96. The van der Waals surface area contributed by atoms with E-state index in [0.29, 0.717) is 0 Å². The van der Waals surface area contributed by atoms with Crippen molar-refractivity contribution in [2.45, 2.75) is 19.9 Å². The van der Waals surface area contributed by atoms with Gasteiger partial charge in [-0.3, -0.25) is 0 Å². The van der Waals surface area contributed by atoms with Gasteiger partial charge in [0.1, 0.15) is 5.01 Å². The minimum absolute atomic E-state index is 0.798. The van der Waals surface area contributed by atoms with Gasteiger partial charge in [0.05, 0.1) is 6.54 Å². The molecule has 84 valence electrons. The van der Waals surface area contributed by atoms with Crippen molar-refractivity contribution in [2.24, 2.45) is 0 Å². The second-order valence-corrected chi connectivity index (χ2v) is 5.33. The number of hydrogen-bond acceptors (Lipinski definition) is 3. The standard InChI is InChI=1S/C12H13BrN2S/c1-2-9-7-10(13)3-4-11(9)15-8-12-14-5-6-16-12/h3-7,15H,2,8H2,1H3. The van der Waals surface area contributed by atoms with Crippen LogP contribution in [0.1, 0.15) is 17.5 Å². The summed E-state index contributed by atoms with van der Waals surface area (Å²) in [5.74, 6) is 0. The number of benzene rings is 1. The number of nitrogens with zero attached hydrogens (tertiary/aromatic N) is 1. The Morgan fingerprint density at radius 3 is 3.00 bits per heavy atom. The highest BCUT2D eigenvalue weighted by atomic mass is 79.9. The second kappa shape index (κ2) is 5.46. The van der Waals surface area contributed by atoms with Gasteiger partial charge in [0, 0.05) is 21.7 Å². The molecule has 0 spiro atoms. The van der Waals surface area contributed by atoms with Crippen molar-refractivity contribution >= 4 is 33.0 Å². The molecule has 0 saturated carbocycles. The fourth-order valence-electron chi connectivity index (χ4n) is 1.54. The van der Waals surface area contributed by atoms with E-state index in [1.165, 1.54) is 11.3 Å². The van der Waals surface area contributed by atoms with Crippen LogP contribution in [-0.2, 0) is 13.0 Å². The Morgan fingerprint density at radius 2 is 2.31 bits per heavy atom. The summed E-state index contributed by atoms with van der Waals surface area (Å²) in [6, 6.07) is 6.32. The summed E-state index contributed by atoms with van der Waals surface area (Å²) >= 11 is 5.16. The lowest BCUT2D eigenvalue weighted by molar-refractivity contribution is 1.07. The van der Waals surface area contributed by atoms with Crippen molar-refractivity contribution in [1.29, 1.82) is 0 Å². The van der Waals surface area contributed by atoms with E-state index in [1.807, 2.05) is 11.6 Å². The Balaban J connectivity index is 2.09. The lowest BCUT2D eigenvalue weighted by atomic mass is 10.1. The minimum atomic E-state index is 0.798. The molecule has 1 heterocycles. The number of halogens is 1. The third-order valence-corrected chi connectivity index (χ3v) is 3.63. The van der Waals surface area contributed by atoms with E-state index < -0.39 is 0 Å². The highest BCUT2D eigenvalue weighted by Gasteiger charge is 2.02. The van der Waals surface area contributed by atoms with Gasteiger partial charge < -0.3 is 5.32 Å². The van der Waals surface area contributed by atoms with Crippen molar-refractivity contribution in [3.05, 3.63) is 44.8 Å². The van der Waals surface area contributed by atoms with Crippen molar-refractivity contribution in [3.8, 4) is 0 Å². The first-order valence-corrected chi connectivity index (χ1v) is 6.87. The van der Waals surface area contributed by atoms with E-state index >= 15 is 0 Å². The van der Waals surface area contributed by atoms with E-state index in [2.05, 4.69) is 51.4 Å².